The summed E-state index contributed by atoms with van der Waals surface area (Å²) in [5.74, 6) is -1.47. The summed E-state index contributed by atoms with van der Waals surface area (Å²) in [6, 6.07) is 5.11. The number of hydrogen-bond acceptors (Lipinski definition) is 4. The zero-order valence-electron chi connectivity index (χ0n) is 12.4. The number of rotatable bonds is 6. The molecule has 1 aromatic carbocycles. The van der Waals surface area contributed by atoms with Crippen LogP contribution in [0.2, 0.25) is 0 Å². The maximum atomic E-state index is 12.7. The number of hydrogen-bond donors (Lipinski definition) is 0. The molecule has 0 spiro atoms. The Morgan fingerprint density at radius 1 is 1.05 bits per heavy atom. The van der Waals surface area contributed by atoms with E-state index in [0.717, 1.165) is 0 Å². The molecule has 1 rings (SSSR count). The Kier molecular flexibility index (Phi) is 5.76. The number of ketones is 2. The molecule has 0 aliphatic heterocycles. The van der Waals surface area contributed by atoms with E-state index in [1.807, 2.05) is 0 Å². The van der Waals surface area contributed by atoms with Crippen LogP contribution in [-0.4, -0.2) is 24.1 Å². The van der Waals surface area contributed by atoms with Crippen LogP contribution < -0.4 is 0 Å². The van der Waals surface area contributed by atoms with Gasteiger partial charge in [-0.25, -0.2) is 4.39 Å². The van der Waals surface area contributed by atoms with Crippen LogP contribution in [0.1, 0.15) is 44.0 Å². The molecule has 0 saturated carbocycles. The lowest BCUT2D eigenvalue weighted by Gasteiger charge is -2.16. The first-order chi connectivity index (χ1) is 9.70. The molecular weight excluding hydrogens is 275 g/mol. The first-order valence-electron chi connectivity index (χ1n) is 6.68. The number of esters is 1. The second-order valence-electron chi connectivity index (χ2n) is 5.76. The Balaban J connectivity index is 2.38. The third kappa shape index (κ3) is 5.85. The van der Waals surface area contributed by atoms with Crippen molar-refractivity contribution in [3.63, 3.8) is 0 Å². The Morgan fingerprint density at radius 2 is 1.62 bits per heavy atom. The molecule has 0 saturated heterocycles. The van der Waals surface area contributed by atoms with Crippen LogP contribution in [0.4, 0.5) is 4.39 Å². The average molecular weight is 294 g/mol. The van der Waals surface area contributed by atoms with E-state index < -0.39 is 17.2 Å². The van der Waals surface area contributed by atoms with Gasteiger partial charge in [0.15, 0.2) is 18.2 Å². The average Bonchev–Trinajstić information content (AvgIpc) is 2.41. The van der Waals surface area contributed by atoms with E-state index in [1.54, 1.807) is 20.8 Å². The lowest BCUT2D eigenvalue weighted by molar-refractivity contribution is -0.150. The molecule has 0 fully saturated rings. The van der Waals surface area contributed by atoms with Crippen molar-refractivity contribution in [1.29, 1.82) is 0 Å². The highest BCUT2D eigenvalue weighted by Gasteiger charge is 2.22. The summed E-state index contributed by atoms with van der Waals surface area (Å²) < 4.78 is 17.6. The third-order valence-electron chi connectivity index (χ3n) is 2.92. The molecule has 0 radical (unpaired) electrons. The van der Waals surface area contributed by atoms with E-state index in [4.69, 9.17) is 4.74 Å². The largest absolute Gasteiger partial charge is 0.458 e. The molecule has 4 nitrogen and oxygen atoms in total. The Bertz CT molecular complexity index is 526. The number of carbonyl (C=O) groups excluding carboxylic acids is 3. The Hall–Kier alpha value is -2.04. The molecular formula is C16H19FO4. The highest BCUT2D eigenvalue weighted by Crippen LogP contribution is 2.14. The molecule has 5 heteroatoms. The minimum absolute atomic E-state index is 0.0336. The number of halogens is 1. The number of carbonyl (C=O) groups is 3. The lowest BCUT2D eigenvalue weighted by Crippen LogP contribution is -2.26. The maximum Gasteiger partial charge on any atom is 0.306 e. The van der Waals surface area contributed by atoms with Crippen LogP contribution >= 0.6 is 0 Å². The smallest absolute Gasteiger partial charge is 0.306 e. The summed E-state index contributed by atoms with van der Waals surface area (Å²) in [7, 11) is 0. The summed E-state index contributed by atoms with van der Waals surface area (Å²) in [4.78, 5) is 34.8. The molecule has 0 atom stereocenters. The second kappa shape index (κ2) is 7.11. The number of Topliss-reactive ketones (excluding diaryl/α,β-unsaturated/α-hetero) is 2. The van der Waals surface area contributed by atoms with Crippen LogP contribution in [0.3, 0.4) is 0 Å². The molecule has 0 N–H and O–H groups in total. The van der Waals surface area contributed by atoms with Gasteiger partial charge in [-0.15, -0.1) is 0 Å². The molecule has 0 aliphatic carbocycles. The topological polar surface area (TPSA) is 60.4 Å². The summed E-state index contributed by atoms with van der Waals surface area (Å²) >= 11 is 0. The molecule has 0 aromatic heterocycles. The van der Waals surface area contributed by atoms with Gasteiger partial charge in [0.25, 0.3) is 0 Å². The fraction of sp³-hybridized carbons (Fsp3) is 0.438. The van der Waals surface area contributed by atoms with Crippen molar-refractivity contribution in [2.45, 2.75) is 33.6 Å². The van der Waals surface area contributed by atoms with Crippen molar-refractivity contribution >= 4 is 17.5 Å². The van der Waals surface area contributed by atoms with Crippen LogP contribution in [0, 0.1) is 11.2 Å². The maximum absolute atomic E-state index is 12.7. The standard InChI is InChI=1S/C16H19FO4/c1-16(2,3)14(19)10-21-15(20)9-8-13(18)11-4-6-12(17)7-5-11/h4-7H,8-10H2,1-3H3. The van der Waals surface area contributed by atoms with Gasteiger partial charge in [-0.1, -0.05) is 20.8 Å². The first kappa shape index (κ1) is 17.0. The van der Waals surface area contributed by atoms with E-state index in [2.05, 4.69) is 0 Å². The quantitative estimate of drug-likeness (QED) is 0.598. The fourth-order valence-corrected chi connectivity index (χ4v) is 1.43. The van der Waals surface area contributed by atoms with Crippen molar-refractivity contribution < 1.29 is 23.5 Å². The van der Waals surface area contributed by atoms with Gasteiger partial charge >= 0.3 is 5.97 Å². The van der Waals surface area contributed by atoms with Gasteiger partial charge in [-0.05, 0) is 24.3 Å². The molecule has 21 heavy (non-hydrogen) atoms. The highest BCUT2D eigenvalue weighted by atomic mass is 19.1. The van der Waals surface area contributed by atoms with E-state index in [0.29, 0.717) is 5.56 Å². The predicted molar refractivity (Wildman–Crippen MR) is 75.4 cm³/mol. The Morgan fingerprint density at radius 3 is 2.14 bits per heavy atom. The molecule has 0 bridgehead atoms. The van der Waals surface area contributed by atoms with E-state index in [1.165, 1.54) is 24.3 Å². The second-order valence-corrected chi connectivity index (χ2v) is 5.76. The number of ether oxygens (including phenoxy) is 1. The van der Waals surface area contributed by atoms with Crippen molar-refractivity contribution in [3.8, 4) is 0 Å². The van der Waals surface area contributed by atoms with Crippen LogP contribution in [0.15, 0.2) is 24.3 Å². The molecule has 0 amide bonds. The zero-order chi connectivity index (χ0) is 16.0. The first-order valence-corrected chi connectivity index (χ1v) is 6.68. The minimum Gasteiger partial charge on any atom is -0.458 e. The van der Waals surface area contributed by atoms with Crippen molar-refractivity contribution in [1.82, 2.24) is 0 Å². The molecule has 0 aliphatic rings. The van der Waals surface area contributed by atoms with Crippen LogP contribution in [-0.2, 0) is 14.3 Å². The van der Waals surface area contributed by atoms with Gasteiger partial charge in [-0.3, -0.25) is 14.4 Å². The van der Waals surface area contributed by atoms with Gasteiger partial charge in [-0.2, -0.15) is 0 Å². The Labute approximate surface area is 123 Å². The van der Waals surface area contributed by atoms with E-state index >= 15 is 0 Å². The van der Waals surface area contributed by atoms with Gasteiger partial charge < -0.3 is 4.74 Å². The van der Waals surface area contributed by atoms with Gasteiger partial charge in [0.05, 0.1) is 6.42 Å². The van der Waals surface area contributed by atoms with Crippen molar-refractivity contribution in [2.75, 3.05) is 6.61 Å². The lowest BCUT2D eigenvalue weighted by atomic mass is 9.91. The summed E-state index contributed by atoms with van der Waals surface area (Å²) in [6.07, 6.45) is -0.137. The summed E-state index contributed by atoms with van der Waals surface area (Å²) in [6.45, 7) is 4.93. The number of benzene rings is 1. The zero-order valence-corrected chi connectivity index (χ0v) is 12.4. The highest BCUT2D eigenvalue weighted by molar-refractivity contribution is 5.97. The van der Waals surface area contributed by atoms with Crippen LogP contribution in [0.5, 0.6) is 0 Å². The van der Waals surface area contributed by atoms with Gasteiger partial charge in [0, 0.05) is 17.4 Å². The third-order valence-corrected chi connectivity index (χ3v) is 2.92. The monoisotopic (exact) mass is 294 g/mol. The fourth-order valence-electron chi connectivity index (χ4n) is 1.43. The van der Waals surface area contributed by atoms with E-state index in [9.17, 15) is 18.8 Å². The van der Waals surface area contributed by atoms with Gasteiger partial charge in [0.1, 0.15) is 5.82 Å². The van der Waals surface area contributed by atoms with E-state index in [-0.39, 0.29) is 31.0 Å². The van der Waals surface area contributed by atoms with Crippen molar-refractivity contribution in [2.24, 2.45) is 5.41 Å². The molecule has 0 heterocycles. The summed E-state index contributed by atoms with van der Waals surface area (Å²) in [5.41, 5.74) is -0.223. The van der Waals surface area contributed by atoms with Crippen molar-refractivity contribution in [3.05, 3.63) is 35.6 Å². The predicted octanol–water partition coefficient (Wildman–Crippen LogP) is 2.95. The van der Waals surface area contributed by atoms with Crippen LogP contribution in [0.25, 0.3) is 0 Å². The summed E-state index contributed by atoms with van der Waals surface area (Å²) in [5, 5.41) is 0. The minimum atomic E-state index is -0.594. The molecule has 1 aromatic rings. The SMILES string of the molecule is CC(C)(C)C(=O)COC(=O)CCC(=O)c1ccc(F)cc1. The molecule has 114 valence electrons. The van der Waals surface area contributed by atoms with Gasteiger partial charge in [0.2, 0.25) is 0 Å². The molecule has 0 unspecified atom stereocenters. The normalized spacial score (nSPS) is 11.0.